The lowest BCUT2D eigenvalue weighted by Gasteiger charge is -2.27. The monoisotopic (exact) mass is 409 g/mol. The third-order valence-corrected chi connectivity index (χ3v) is 7.24. The molecule has 1 aliphatic rings. The van der Waals surface area contributed by atoms with Gasteiger partial charge in [-0.2, -0.15) is 4.31 Å². The molecule has 0 saturated carbocycles. The lowest BCUT2D eigenvalue weighted by Crippen LogP contribution is -2.41. The molecule has 8 heteroatoms. The molecular weight excluding hydrogens is 378 g/mol. The number of rotatable bonds is 7. The molecule has 0 unspecified atom stereocenters. The zero-order valence-electron chi connectivity index (χ0n) is 17.3. The number of amides is 2. The Labute approximate surface area is 168 Å². The number of piperidine rings is 1. The highest BCUT2D eigenvalue weighted by Gasteiger charge is 2.28. The topological polar surface area (TPSA) is 78.0 Å². The van der Waals surface area contributed by atoms with Crippen LogP contribution in [-0.4, -0.2) is 74.1 Å². The maximum absolute atomic E-state index is 13.0. The Hall–Kier alpha value is -1.93. The number of nitrogens with zero attached hydrogens (tertiary/aromatic N) is 3. The van der Waals surface area contributed by atoms with Crippen LogP contribution in [-0.2, 0) is 14.8 Å². The highest BCUT2D eigenvalue weighted by atomic mass is 32.2. The van der Waals surface area contributed by atoms with Crippen molar-refractivity contribution in [2.45, 2.75) is 44.9 Å². The van der Waals surface area contributed by atoms with Gasteiger partial charge in [0, 0.05) is 38.8 Å². The van der Waals surface area contributed by atoms with Gasteiger partial charge in [0.2, 0.25) is 15.9 Å². The summed E-state index contributed by atoms with van der Waals surface area (Å²) in [7, 11) is -2.07. The summed E-state index contributed by atoms with van der Waals surface area (Å²) in [4.78, 5) is 28.2. The van der Waals surface area contributed by atoms with Crippen molar-refractivity contribution in [3.8, 4) is 0 Å². The molecule has 0 N–H and O–H groups in total. The van der Waals surface area contributed by atoms with E-state index in [0.29, 0.717) is 31.7 Å². The van der Waals surface area contributed by atoms with Crippen LogP contribution < -0.4 is 0 Å². The lowest BCUT2D eigenvalue weighted by molar-refractivity contribution is -0.131. The van der Waals surface area contributed by atoms with E-state index in [2.05, 4.69) is 0 Å². The molecule has 1 aromatic carbocycles. The third-order valence-electron chi connectivity index (χ3n) is 5.20. The molecule has 0 bridgehead atoms. The molecule has 156 valence electrons. The minimum absolute atomic E-state index is 0.0391. The van der Waals surface area contributed by atoms with Crippen LogP contribution >= 0.6 is 0 Å². The van der Waals surface area contributed by atoms with Crippen LogP contribution in [0.15, 0.2) is 23.1 Å². The van der Waals surface area contributed by atoms with Crippen molar-refractivity contribution in [2.24, 2.45) is 0 Å². The van der Waals surface area contributed by atoms with Crippen LogP contribution in [0.5, 0.6) is 0 Å². The smallest absolute Gasteiger partial charge is 0.254 e. The molecular formula is C20H31N3O4S. The molecule has 1 saturated heterocycles. The van der Waals surface area contributed by atoms with E-state index in [1.807, 2.05) is 13.8 Å². The van der Waals surface area contributed by atoms with E-state index in [1.54, 1.807) is 31.0 Å². The number of hydrogen-bond donors (Lipinski definition) is 0. The van der Waals surface area contributed by atoms with Gasteiger partial charge in [0.15, 0.2) is 0 Å². The highest BCUT2D eigenvalue weighted by molar-refractivity contribution is 7.89. The number of likely N-dealkylation sites (N-methyl/N-ethyl adjacent to an activating group) is 2. The van der Waals surface area contributed by atoms with E-state index in [1.165, 1.54) is 15.3 Å². The summed E-state index contributed by atoms with van der Waals surface area (Å²) in [6.45, 7) is 7.67. The zero-order valence-corrected chi connectivity index (χ0v) is 18.1. The van der Waals surface area contributed by atoms with E-state index in [-0.39, 0.29) is 28.8 Å². The number of carbonyl (C=O) groups is 2. The molecule has 2 amide bonds. The fourth-order valence-corrected chi connectivity index (χ4v) is 5.19. The molecule has 1 aliphatic heterocycles. The Kier molecular flexibility index (Phi) is 7.60. The van der Waals surface area contributed by atoms with Crippen LogP contribution in [0.2, 0.25) is 0 Å². The van der Waals surface area contributed by atoms with Crippen molar-refractivity contribution in [2.75, 3.05) is 39.8 Å². The molecule has 0 spiro atoms. The Morgan fingerprint density at radius 3 is 2.25 bits per heavy atom. The summed E-state index contributed by atoms with van der Waals surface area (Å²) in [5, 5.41) is 0. The number of sulfonamides is 1. The summed E-state index contributed by atoms with van der Waals surface area (Å²) in [6, 6.07) is 4.72. The lowest BCUT2D eigenvalue weighted by atomic mass is 10.1. The second-order valence-electron chi connectivity index (χ2n) is 7.17. The van der Waals surface area contributed by atoms with Gasteiger partial charge < -0.3 is 9.80 Å². The van der Waals surface area contributed by atoms with E-state index in [4.69, 9.17) is 0 Å². The van der Waals surface area contributed by atoms with Crippen molar-refractivity contribution in [3.63, 3.8) is 0 Å². The van der Waals surface area contributed by atoms with Gasteiger partial charge in [0.05, 0.1) is 11.4 Å². The second-order valence-corrected chi connectivity index (χ2v) is 9.08. The molecule has 0 radical (unpaired) electrons. The first-order chi connectivity index (χ1) is 13.2. The van der Waals surface area contributed by atoms with E-state index < -0.39 is 10.0 Å². The first-order valence-electron chi connectivity index (χ1n) is 9.86. The van der Waals surface area contributed by atoms with Crippen molar-refractivity contribution < 1.29 is 18.0 Å². The van der Waals surface area contributed by atoms with Crippen molar-refractivity contribution >= 4 is 21.8 Å². The Morgan fingerprint density at radius 1 is 1.07 bits per heavy atom. The standard InChI is InChI=1S/C20H31N3O4S/c1-5-22(6-2)19(24)15-21(4)20(25)17-11-10-16(3)18(14-17)28(26,27)23-12-8-7-9-13-23/h10-11,14H,5-9,12-13,15H2,1-4H3. The first-order valence-corrected chi connectivity index (χ1v) is 11.3. The van der Waals surface area contributed by atoms with Crippen LogP contribution in [0.1, 0.15) is 49.0 Å². The quantitative estimate of drug-likeness (QED) is 0.691. The maximum Gasteiger partial charge on any atom is 0.254 e. The molecule has 7 nitrogen and oxygen atoms in total. The average Bonchev–Trinajstić information content (AvgIpc) is 2.69. The summed E-state index contributed by atoms with van der Waals surface area (Å²) in [6.07, 6.45) is 2.75. The van der Waals surface area contributed by atoms with Gasteiger partial charge in [0.25, 0.3) is 5.91 Å². The van der Waals surface area contributed by atoms with Crippen molar-refractivity contribution in [1.82, 2.24) is 14.1 Å². The fourth-order valence-electron chi connectivity index (χ4n) is 3.43. The Balaban J connectivity index is 2.24. The van der Waals surface area contributed by atoms with Crippen LogP contribution in [0.3, 0.4) is 0 Å². The molecule has 1 fully saturated rings. The SMILES string of the molecule is CCN(CC)C(=O)CN(C)C(=O)c1ccc(C)c(S(=O)(=O)N2CCCCC2)c1. The highest BCUT2D eigenvalue weighted by Crippen LogP contribution is 2.24. The first kappa shape index (κ1) is 22.4. The van der Waals surface area contributed by atoms with Gasteiger partial charge in [-0.15, -0.1) is 0 Å². The van der Waals surface area contributed by atoms with Crippen LogP contribution in [0, 0.1) is 6.92 Å². The minimum Gasteiger partial charge on any atom is -0.342 e. The van der Waals surface area contributed by atoms with Gasteiger partial charge in [-0.3, -0.25) is 9.59 Å². The number of benzene rings is 1. The predicted octanol–water partition coefficient (Wildman–Crippen LogP) is 2.11. The van der Waals surface area contributed by atoms with Crippen LogP contribution in [0.25, 0.3) is 0 Å². The summed E-state index contributed by atoms with van der Waals surface area (Å²) in [5.41, 5.74) is 0.889. The normalized spacial score (nSPS) is 15.3. The van der Waals surface area contributed by atoms with Crippen LogP contribution in [0.4, 0.5) is 0 Å². The molecule has 2 rings (SSSR count). The maximum atomic E-state index is 13.0. The Morgan fingerprint density at radius 2 is 1.68 bits per heavy atom. The predicted molar refractivity (Wildman–Crippen MR) is 109 cm³/mol. The molecule has 28 heavy (non-hydrogen) atoms. The van der Waals surface area contributed by atoms with Crippen molar-refractivity contribution in [1.29, 1.82) is 0 Å². The number of carbonyl (C=O) groups excluding carboxylic acids is 2. The van der Waals surface area contributed by atoms with E-state index >= 15 is 0 Å². The van der Waals surface area contributed by atoms with E-state index in [9.17, 15) is 18.0 Å². The second kappa shape index (κ2) is 9.52. The summed E-state index contributed by atoms with van der Waals surface area (Å²) >= 11 is 0. The fraction of sp³-hybridized carbons (Fsp3) is 0.600. The zero-order chi connectivity index (χ0) is 20.9. The average molecular weight is 410 g/mol. The van der Waals surface area contributed by atoms with Gasteiger partial charge >= 0.3 is 0 Å². The van der Waals surface area contributed by atoms with Gasteiger partial charge in [-0.1, -0.05) is 12.5 Å². The summed E-state index contributed by atoms with van der Waals surface area (Å²) in [5.74, 6) is -0.496. The number of hydrogen-bond acceptors (Lipinski definition) is 4. The third kappa shape index (κ3) is 4.91. The number of aryl methyl sites for hydroxylation is 1. The molecule has 0 atom stereocenters. The van der Waals surface area contributed by atoms with E-state index in [0.717, 1.165) is 19.3 Å². The molecule has 0 aliphatic carbocycles. The largest absolute Gasteiger partial charge is 0.342 e. The van der Waals surface area contributed by atoms with Gasteiger partial charge in [0.1, 0.15) is 0 Å². The molecule has 0 aromatic heterocycles. The van der Waals surface area contributed by atoms with Gasteiger partial charge in [-0.05, 0) is 51.3 Å². The molecule has 1 aromatic rings. The van der Waals surface area contributed by atoms with Crippen molar-refractivity contribution in [3.05, 3.63) is 29.3 Å². The minimum atomic E-state index is -3.63. The summed E-state index contributed by atoms with van der Waals surface area (Å²) < 4.78 is 27.6. The molecule has 1 heterocycles. The Bertz CT molecular complexity index is 813. The van der Waals surface area contributed by atoms with Gasteiger partial charge in [-0.25, -0.2) is 8.42 Å².